The van der Waals surface area contributed by atoms with Crippen LogP contribution in [0, 0.1) is 0 Å². The molecule has 15 heavy (non-hydrogen) atoms. The molecule has 0 aliphatic carbocycles. The van der Waals surface area contributed by atoms with Crippen LogP contribution in [0.3, 0.4) is 0 Å². The van der Waals surface area contributed by atoms with E-state index in [9.17, 15) is 8.42 Å². The van der Waals surface area contributed by atoms with Gasteiger partial charge in [0, 0.05) is 0 Å². The molecule has 1 rings (SSSR count). The lowest BCUT2D eigenvalue weighted by atomic mass is 10.3. The quantitative estimate of drug-likeness (QED) is 0.774. The second kappa shape index (κ2) is 5.11. The summed E-state index contributed by atoms with van der Waals surface area (Å²) < 4.78 is 38.5. The maximum absolute atomic E-state index is 10.3. The van der Waals surface area contributed by atoms with Gasteiger partial charge >= 0.3 is 10.4 Å². The number of hydrogen-bond donors (Lipinski definition) is 1. The predicted molar refractivity (Wildman–Crippen MR) is 54.0 cm³/mol. The predicted octanol–water partition coefficient (Wildman–Crippen LogP) is 1.27. The molecule has 0 aliphatic rings. The molecule has 1 atom stereocenters. The van der Waals surface area contributed by atoms with Crippen LogP contribution in [-0.4, -0.2) is 25.7 Å². The third-order valence-electron chi connectivity index (χ3n) is 1.51. The van der Waals surface area contributed by atoms with E-state index in [2.05, 4.69) is 4.18 Å². The van der Waals surface area contributed by atoms with Gasteiger partial charge in [0.15, 0.2) is 0 Å². The molecule has 0 bridgehead atoms. The van der Waals surface area contributed by atoms with Gasteiger partial charge in [0.05, 0.1) is 0 Å². The normalized spacial score (nSPS) is 13.5. The van der Waals surface area contributed by atoms with Crippen molar-refractivity contribution in [3.8, 4) is 5.75 Å². The summed E-state index contributed by atoms with van der Waals surface area (Å²) in [6, 6.07) is 8.90. The van der Waals surface area contributed by atoms with Crippen LogP contribution in [0.4, 0.5) is 0 Å². The molecule has 0 saturated heterocycles. The maximum atomic E-state index is 10.3. The Bertz CT molecular complexity index is 386. The molecular weight excluding hydrogens is 220 g/mol. The van der Waals surface area contributed by atoms with Gasteiger partial charge in [0.2, 0.25) is 0 Å². The Morgan fingerprint density at radius 1 is 1.33 bits per heavy atom. The Kier molecular flexibility index (Phi) is 4.07. The number of rotatable bonds is 5. The van der Waals surface area contributed by atoms with E-state index >= 15 is 0 Å². The van der Waals surface area contributed by atoms with Crippen LogP contribution < -0.4 is 4.74 Å². The summed E-state index contributed by atoms with van der Waals surface area (Å²) in [6.45, 7) is 1.53. The van der Waals surface area contributed by atoms with Crippen LogP contribution in [0.5, 0.6) is 5.75 Å². The maximum Gasteiger partial charge on any atom is 0.397 e. The zero-order valence-corrected chi connectivity index (χ0v) is 8.98. The minimum absolute atomic E-state index is 0.0454. The van der Waals surface area contributed by atoms with Crippen LogP contribution >= 0.6 is 0 Å². The average Bonchev–Trinajstić information content (AvgIpc) is 2.14. The second-order valence-electron chi connectivity index (χ2n) is 2.96. The van der Waals surface area contributed by atoms with E-state index in [4.69, 9.17) is 9.29 Å². The molecule has 1 aromatic carbocycles. The van der Waals surface area contributed by atoms with E-state index in [0.717, 1.165) is 0 Å². The van der Waals surface area contributed by atoms with Crippen molar-refractivity contribution in [2.24, 2.45) is 0 Å². The van der Waals surface area contributed by atoms with Crippen molar-refractivity contribution >= 4 is 10.4 Å². The average molecular weight is 232 g/mol. The molecule has 0 aliphatic heterocycles. The minimum atomic E-state index is -4.41. The summed E-state index contributed by atoms with van der Waals surface area (Å²) in [5, 5.41) is 0. The fourth-order valence-corrected chi connectivity index (χ4v) is 1.44. The van der Waals surface area contributed by atoms with Gasteiger partial charge in [0.25, 0.3) is 0 Å². The van der Waals surface area contributed by atoms with E-state index in [1.54, 1.807) is 24.3 Å². The molecule has 0 aromatic heterocycles. The largest absolute Gasteiger partial charge is 0.491 e. The molecule has 84 valence electrons. The highest BCUT2D eigenvalue weighted by molar-refractivity contribution is 7.80. The van der Waals surface area contributed by atoms with Gasteiger partial charge in [0.1, 0.15) is 18.5 Å². The molecule has 0 heterocycles. The van der Waals surface area contributed by atoms with E-state index in [1.807, 2.05) is 6.07 Å². The summed E-state index contributed by atoms with van der Waals surface area (Å²) in [6.07, 6.45) is -0.736. The van der Waals surface area contributed by atoms with Gasteiger partial charge in [-0.2, -0.15) is 8.42 Å². The van der Waals surface area contributed by atoms with Crippen molar-refractivity contribution in [1.82, 2.24) is 0 Å². The number of para-hydroxylation sites is 1. The molecule has 0 spiro atoms. The Morgan fingerprint density at radius 3 is 2.47 bits per heavy atom. The zero-order chi connectivity index (χ0) is 11.3. The van der Waals surface area contributed by atoms with Crippen molar-refractivity contribution in [3.63, 3.8) is 0 Å². The van der Waals surface area contributed by atoms with E-state index in [1.165, 1.54) is 6.92 Å². The number of hydrogen-bond acceptors (Lipinski definition) is 4. The van der Waals surface area contributed by atoms with Gasteiger partial charge < -0.3 is 4.74 Å². The molecule has 5 nitrogen and oxygen atoms in total. The fraction of sp³-hybridized carbons (Fsp3) is 0.333. The van der Waals surface area contributed by atoms with E-state index < -0.39 is 16.5 Å². The minimum Gasteiger partial charge on any atom is -0.491 e. The topological polar surface area (TPSA) is 72.8 Å². The Hall–Kier alpha value is -1.11. The van der Waals surface area contributed by atoms with Crippen molar-refractivity contribution in [3.05, 3.63) is 30.3 Å². The highest BCUT2D eigenvalue weighted by Crippen LogP contribution is 2.09. The van der Waals surface area contributed by atoms with Gasteiger partial charge in [-0.15, -0.1) is 0 Å². The van der Waals surface area contributed by atoms with Crippen LogP contribution in [0.2, 0.25) is 0 Å². The highest BCUT2D eigenvalue weighted by Gasteiger charge is 2.12. The lowest BCUT2D eigenvalue weighted by molar-refractivity contribution is 0.133. The summed E-state index contributed by atoms with van der Waals surface area (Å²) in [5.41, 5.74) is 0. The highest BCUT2D eigenvalue weighted by atomic mass is 32.3. The lowest BCUT2D eigenvalue weighted by Crippen LogP contribution is -2.21. The van der Waals surface area contributed by atoms with Crippen LogP contribution in [0.1, 0.15) is 6.92 Å². The molecule has 6 heteroatoms. The van der Waals surface area contributed by atoms with E-state index in [0.29, 0.717) is 5.75 Å². The monoisotopic (exact) mass is 232 g/mol. The molecule has 0 fully saturated rings. The number of ether oxygens (including phenoxy) is 1. The number of benzene rings is 1. The van der Waals surface area contributed by atoms with Crippen molar-refractivity contribution in [2.45, 2.75) is 13.0 Å². The Morgan fingerprint density at radius 2 is 1.93 bits per heavy atom. The molecule has 1 aromatic rings. The standard InChI is InChI=1S/C9H12O5S/c1-8(14-15(10,11)12)7-13-9-5-3-2-4-6-9/h2-6,8H,7H2,1H3,(H,10,11,12). The first-order valence-corrected chi connectivity index (χ1v) is 5.67. The molecule has 0 amide bonds. The second-order valence-corrected chi connectivity index (χ2v) is 4.01. The van der Waals surface area contributed by atoms with Gasteiger partial charge in [-0.25, -0.2) is 4.18 Å². The third kappa shape index (κ3) is 5.36. The van der Waals surface area contributed by atoms with Gasteiger partial charge in [-0.3, -0.25) is 4.55 Å². The summed E-state index contributed by atoms with van der Waals surface area (Å²) in [4.78, 5) is 0. The van der Waals surface area contributed by atoms with Crippen LogP contribution in [0.25, 0.3) is 0 Å². The smallest absolute Gasteiger partial charge is 0.397 e. The SMILES string of the molecule is CC(COc1ccccc1)OS(=O)(=O)O. The van der Waals surface area contributed by atoms with Crippen molar-refractivity contribution in [1.29, 1.82) is 0 Å². The first-order valence-electron chi connectivity index (χ1n) is 4.31. The molecule has 1 N–H and O–H groups in total. The third-order valence-corrected chi connectivity index (χ3v) is 2.09. The summed E-state index contributed by atoms with van der Waals surface area (Å²) in [7, 11) is -4.41. The van der Waals surface area contributed by atoms with Gasteiger partial charge in [-0.05, 0) is 19.1 Å². The zero-order valence-electron chi connectivity index (χ0n) is 8.16. The van der Waals surface area contributed by atoms with Crippen molar-refractivity contribution < 1.29 is 21.9 Å². The first-order chi connectivity index (χ1) is 6.97. The molecule has 0 radical (unpaired) electrons. The summed E-state index contributed by atoms with van der Waals surface area (Å²) in [5.74, 6) is 0.614. The molecular formula is C9H12O5S. The van der Waals surface area contributed by atoms with E-state index in [-0.39, 0.29) is 6.61 Å². The summed E-state index contributed by atoms with van der Waals surface area (Å²) >= 11 is 0. The molecule has 0 saturated carbocycles. The molecule has 1 unspecified atom stereocenters. The van der Waals surface area contributed by atoms with Gasteiger partial charge in [-0.1, -0.05) is 18.2 Å². The Labute approximate surface area is 88.6 Å². The van der Waals surface area contributed by atoms with Crippen LogP contribution in [-0.2, 0) is 14.6 Å². The first kappa shape index (κ1) is 12.0. The van der Waals surface area contributed by atoms with Crippen LogP contribution in [0.15, 0.2) is 30.3 Å². The fourth-order valence-electron chi connectivity index (χ4n) is 0.966. The lowest BCUT2D eigenvalue weighted by Gasteiger charge is -2.11. The van der Waals surface area contributed by atoms with Crippen molar-refractivity contribution in [2.75, 3.05) is 6.61 Å². The Balaban J connectivity index is 2.38.